The smallest absolute Gasteiger partial charge is 0.409 e. The molecule has 1 heterocycles. The lowest BCUT2D eigenvalue weighted by atomic mass is 10.1. The normalized spacial score (nSPS) is 15.3. The number of aliphatic imine (C=N–C) groups is 1. The van der Waals surface area contributed by atoms with Crippen LogP contribution in [0.2, 0.25) is 0 Å². The molecule has 0 aliphatic carbocycles. The van der Waals surface area contributed by atoms with E-state index in [0.717, 1.165) is 23.3 Å². The summed E-state index contributed by atoms with van der Waals surface area (Å²) in [5.41, 5.74) is 1.19. The van der Waals surface area contributed by atoms with Crippen LogP contribution in [0.15, 0.2) is 33.7 Å². The molecule has 0 radical (unpaired) electrons. The van der Waals surface area contributed by atoms with Crippen LogP contribution < -0.4 is 10.6 Å². The molecule has 0 bridgehead atoms. The van der Waals surface area contributed by atoms with E-state index in [1.54, 1.807) is 11.9 Å². The fourth-order valence-corrected chi connectivity index (χ4v) is 2.86. The quantitative estimate of drug-likeness (QED) is 0.360. The van der Waals surface area contributed by atoms with Crippen LogP contribution >= 0.6 is 39.9 Å². The van der Waals surface area contributed by atoms with E-state index in [-0.39, 0.29) is 30.1 Å². The van der Waals surface area contributed by atoms with Crippen molar-refractivity contribution in [1.82, 2.24) is 15.5 Å². The number of hydrogen-bond donors (Lipinski definition) is 2. The van der Waals surface area contributed by atoms with E-state index < -0.39 is 0 Å². The third-order valence-corrected chi connectivity index (χ3v) is 4.49. The summed E-state index contributed by atoms with van der Waals surface area (Å²) >= 11 is 3.44. The first kappa shape index (κ1) is 22.0. The Morgan fingerprint density at radius 3 is 2.52 bits per heavy atom. The Labute approximate surface area is 174 Å². The summed E-state index contributed by atoms with van der Waals surface area (Å²) in [5, 5.41) is 6.75. The van der Waals surface area contributed by atoms with Gasteiger partial charge in [-0.15, -0.1) is 24.0 Å². The first-order valence-electron chi connectivity index (χ1n) is 8.25. The highest BCUT2D eigenvalue weighted by Crippen LogP contribution is 2.12. The minimum atomic E-state index is -0.214. The Balaban J connectivity index is 0.00000312. The maximum Gasteiger partial charge on any atom is 0.409 e. The van der Waals surface area contributed by atoms with Crippen molar-refractivity contribution in [2.75, 3.05) is 26.7 Å². The number of halogens is 2. The van der Waals surface area contributed by atoms with Gasteiger partial charge in [0.25, 0.3) is 0 Å². The van der Waals surface area contributed by atoms with Gasteiger partial charge in [-0.2, -0.15) is 0 Å². The molecule has 0 spiro atoms. The number of hydrogen-bond acceptors (Lipinski definition) is 3. The molecular formula is C17H26BrIN4O2. The third kappa shape index (κ3) is 7.39. The number of nitrogens with zero attached hydrogens (tertiary/aromatic N) is 2. The van der Waals surface area contributed by atoms with Crippen molar-refractivity contribution in [2.45, 2.75) is 32.4 Å². The lowest BCUT2D eigenvalue weighted by Crippen LogP contribution is -2.49. The Bertz CT molecular complexity index is 560. The first-order chi connectivity index (χ1) is 11.6. The van der Waals surface area contributed by atoms with Crippen LogP contribution in [0.3, 0.4) is 0 Å². The van der Waals surface area contributed by atoms with Crippen molar-refractivity contribution in [1.29, 1.82) is 0 Å². The standard InChI is InChI=1S/C17H25BrN4O2.HI/c1-3-24-17(23)22-10-8-15(9-11-22)21-16(19-2)20-12-13-4-6-14(18)7-5-13;/h4-7,15H,3,8-12H2,1-2H3,(H2,19,20,21);1H. The van der Waals surface area contributed by atoms with E-state index >= 15 is 0 Å². The molecule has 1 saturated heterocycles. The summed E-state index contributed by atoms with van der Waals surface area (Å²) in [6, 6.07) is 8.51. The van der Waals surface area contributed by atoms with Crippen LogP contribution in [0.25, 0.3) is 0 Å². The van der Waals surface area contributed by atoms with E-state index in [2.05, 4.69) is 43.7 Å². The molecule has 25 heavy (non-hydrogen) atoms. The van der Waals surface area contributed by atoms with Gasteiger partial charge >= 0.3 is 6.09 Å². The van der Waals surface area contributed by atoms with Gasteiger partial charge in [-0.1, -0.05) is 28.1 Å². The second-order valence-electron chi connectivity index (χ2n) is 5.66. The minimum absolute atomic E-state index is 0. The molecular weight excluding hydrogens is 499 g/mol. The number of carbonyl (C=O) groups is 1. The number of amides is 1. The molecule has 1 amide bonds. The van der Waals surface area contributed by atoms with Crippen LogP contribution in [-0.2, 0) is 11.3 Å². The van der Waals surface area contributed by atoms with Crippen molar-refractivity contribution < 1.29 is 9.53 Å². The lowest BCUT2D eigenvalue weighted by Gasteiger charge is -2.32. The van der Waals surface area contributed by atoms with E-state index in [0.29, 0.717) is 32.3 Å². The number of guanidine groups is 1. The molecule has 2 rings (SSSR count). The zero-order valence-corrected chi connectivity index (χ0v) is 18.5. The fraction of sp³-hybridized carbons (Fsp3) is 0.529. The molecule has 0 unspecified atom stereocenters. The molecule has 6 nitrogen and oxygen atoms in total. The second kappa shape index (κ2) is 11.6. The van der Waals surface area contributed by atoms with E-state index in [9.17, 15) is 4.79 Å². The molecule has 140 valence electrons. The Morgan fingerprint density at radius 2 is 1.96 bits per heavy atom. The monoisotopic (exact) mass is 524 g/mol. The van der Waals surface area contributed by atoms with Gasteiger partial charge in [0.05, 0.1) is 6.61 Å². The summed E-state index contributed by atoms with van der Waals surface area (Å²) in [7, 11) is 1.77. The first-order valence-corrected chi connectivity index (χ1v) is 9.05. The fourth-order valence-electron chi connectivity index (χ4n) is 2.60. The lowest BCUT2D eigenvalue weighted by molar-refractivity contribution is 0.0963. The predicted octanol–water partition coefficient (Wildman–Crippen LogP) is 3.35. The number of carbonyl (C=O) groups excluding carboxylic acids is 1. The summed E-state index contributed by atoms with van der Waals surface area (Å²) < 4.78 is 6.11. The van der Waals surface area contributed by atoms with Gasteiger partial charge in [0.2, 0.25) is 0 Å². The van der Waals surface area contributed by atoms with E-state index in [4.69, 9.17) is 4.74 Å². The van der Waals surface area contributed by atoms with E-state index in [1.165, 1.54) is 5.56 Å². The van der Waals surface area contributed by atoms with Crippen molar-refractivity contribution >= 4 is 52.0 Å². The van der Waals surface area contributed by atoms with Crippen molar-refractivity contribution in [3.8, 4) is 0 Å². The number of rotatable bonds is 4. The minimum Gasteiger partial charge on any atom is -0.450 e. The van der Waals surface area contributed by atoms with Crippen LogP contribution in [0.4, 0.5) is 4.79 Å². The summed E-state index contributed by atoms with van der Waals surface area (Å²) in [6.45, 7) is 4.38. The van der Waals surface area contributed by atoms with E-state index in [1.807, 2.05) is 19.1 Å². The van der Waals surface area contributed by atoms with Gasteiger partial charge in [0.1, 0.15) is 0 Å². The van der Waals surface area contributed by atoms with Gasteiger partial charge in [0.15, 0.2) is 5.96 Å². The molecule has 1 aromatic rings. The molecule has 1 aromatic carbocycles. The number of piperidine rings is 1. The average Bonchev–Trinajstić information content (AvgIpc) is 2.60. The Morgan fingerprint density at radius 1 is 1.32 bits per heavy atom. The highest BCUT2D eigenvalue weighted by Gasteiger charge is 2.23. The zero-order chi connectivity index (χ0) is 17.4. The molecule has 2 N–H and O–H groups in total. The van der Waals surface area contributed by atoms with Gasteiger partial charge in [0, 0.05) is 37.2 Å². The van der Waals surface area contributed by atoms with Gasteiger partial charge < -0.3 is 20.3 Å². The van der Waals surface area contributed by atoms with Crippen molar-refractivity contribution in [3.05, 3.63) is 34.3 Å². The molecule has 0 saturated carbocycles. The molecule has 1 fully saturated rings. The topological polar surface area (TPSA) is 66.0 Å². The molecule has 1 aliphatic rings. The average molecular weight is 525 g/mol. The molecule has 8 heteroatoms. The summed E-state index contributed by atoms with van der Waals surface area (Å²) in [5.74, 6) is 0.785. The third-order valence-electron chi connectivity index (χ3n) is 3.96. The Kier molecular flexibility index (Phi) is 10.2. The van der Waals surface area contributed by atoms with Crippen LogP contribution in [-0.4, -0.2) is 49.7 Å². The number of nitrogens with one attached hydrogen (secondary N) is 2. The second-order valence-corrected chi connectivity index (χ2v) is 6.57. The van der Waals surface area contributed by atoms with Crippen LogP contribution in [0.1, 0.15) is 25.3 Å². The van der Waals surface area contributed by atoms with Gasteiger partial charge in [-0.3, -0.25) is 4.99 Å². The zero-order valence-electron chi connectivity index (χ0n) is 14.6. The van der Waals surface area contributed by atoms with Gasteiger partial charge in [-0.25, -0.2) is 4.79 Å². The molecule has 0 atom stereocenters. The predicted molar refractivity (Wildman–Crippen MR) is 115 cm³/mol. The summed E-state index contributed by atoms with van der Waals surface area (Å²) in [6.07, 6.45) is 1.56. The number of benzene rings is 1. The SMILES string of the molecule is CCOC(=O)N1CCC(NC(=NC)NCc2ccc(Br)cc2)CC1.I. The van der Waals surface area contributed by atoms with Crippen LogP contribution in [0.5, 0.6) is 0 Å². The highest BCUT2D eigenvalue weighted by molar-refractivity contribution is 14.0. The highest BCUT2D eigenvalue weighted by atomic mass is 127. The Hall–Kier alpha value is -1.03. The number of ether oxygens (including phenoxy) is 1. The van der Waals surface area contributed by atoms with Crippen LogP contribution in [0, 0.1) is 0 Å². The largest absolute Gasteiger partial charge is 0.450 e. The van der Waals surface area contributed by atoms with Crippen molar-refractivity contribution in [3.63, 3.8) is 0 Å². The number of likely N-dealkylation sites (tertiary alicyclic amines) is 1. The van der Waals surface area contributed by atoms with Gasteiger partial charge in [-0.05, 0) is 37.5 Å². The summed E-state index contributed by atoms with van der Waals surface area (Å²) in [4.78, 5) is 17.8. The molecule has 0 aromatic heterocycles. The van der Waals surface area contributed by atoms with Crippen molar-refractivity contribution in [2.24, 2.45) is 4.99 Å². The maximum atomic E-state index is 11.7. The maximum absolute atomic E-state index is 11.7. The molecule has 1 aliphatic heterocycles.